The van der Waals surface area contributed by atoms with Crippen LogP contribution in [-0.4, -0.2) is 30.8 Å². The van der Waals surface area contributed by atoms with Crippen molar-refractivity contribution in [2.45, 2.75) is 45.2 Å². The fourth-order valence-corrected chi connectivity index (χ4v) is 1.53. The van der Waals surface area contributed by atoms with Crippen molar-refractivity contribution in [3.05, 3.63) is 0 Å². The number of carbonyl (C=O) groups is 2. The number of likely N-dealkylation sites (N-methyl/N-ethyl adjacent to an activating group) is 1. The first-order chi connectivity index (χ1) is 7.04. The first-order valence-electron chi connectivity index (χ1n) is 5.56. The van der Waals surface area contributed by atoms with Crippen molar-refractivity contribution in [1.82, 2.24) is 10.6 Å². The molecular formula is C11H20N2O2. The molecule has 4 nitrogen and oxygen atoms in total. The van der Waals surface area contributed by atoms with Gasteiger partial charge in [0.2, 0.25) is 5.78 Å². The van der Waals surface area contributed by atoms with Crippen molar-refractivity contribution >= 4 is 11.7 Å². The standard InChI is InChI=1S/C11H20N2O2/c1-7(2)13-11(15)10(14)9(12-3)6-8-4-5-8/h7-9,12H,4-6H2,1-3H3,(H,13,15)/t9-/m0/s1. The van der Waals surface area contributed by atoms with E-state index in [4.69, 9.17) is 0 Å². The Morgan fingerprint density at radius 2 is 1.93 bits per heavy atom. The Hall–Kier alpha value is -0.900. The lowest BCUT2D eigenvalue weighted by atomic mass is 10.1. The van der Waals surface area contributed by atoms with E-state index in [1.165, 1.54) is 12.8 Å². The van der Waals surface area contributed by atoms with Crippen molar-refractivity contribution in [3.63, 3.8) is 0 Å². The molecule has 4 heteroatoms. The molecule has 15 heavy (non-hydrogen) atoms. The van der Waals surface area contributed by atoms with Gasteiger partial charge < -0.3 is 10.6 Å². The van der Waals surface area contributed by atoms with Crippen molar-refractivity contribution < 1.29 is 9.59 Å². The van der Waals surface area contributed by atoms with Crippen LogP contribution in [0.2, 0.25) is 0 Å². The van der Waals surface area contributed by atoms with Gasteiger partial charge >= 0.3 is 0 Å². The van der Waals surface area contributed by atoms with Gasteiger partial charge in [-0.2, -0.15) is 0 Å². The number of carbonyl (C=O) groups excluding carboxylic acids is 2. The maximum atomic E-state index is 11.7. The van der Waals surface area contributed by atoms with Gasteiger partial charge in [-0.3, -0.25) is 9.59 Å². The van der Waals surface area contributed by atoms with Crippen LogP contribution < -0.4 is 10.6 Å². The molecule has 1 aliphatic carbocycles. The molecule has 0 saturated heterocycles. The van der Waals surface area contributed by atoms with E-state index in [-0.39, 0.29) is 17.9 Å². The van der Waals surface area contributed by atoms with E-state index in [9.17, 15) is 9.59 Å². The first kappa shape index (κ1) is 12.2. The summed E-state index contributed by atoms with van der Waals surface area (Å²) in [5.41, 5.74) is 0. The Kier molecular flexibility index (Phi) is 4.27. The average Bonchev–Trinajstić information content (AvgIpc) is 2.95. The van der Waals surface area contributed by atoms with E-state index in [2.05, 4.69) is 10.6 Å². The molecular weight excluding hydrogens is 192 g/mol. The summed E-state index contributed by atoms with van der Waals surface area (Å²) < 4.78 is 0. The van der Waals surface area contributed by atoms with E-state index in [1.54, 1.807) is 7.05 Å². The zero-order valence-corrected chi connectivity index (χ0v) is 9.67. The highest BCUT2D eigenvalue weighted by molar-refractivity contribution is 6.38. The Morgan fingerprint density at radius 1 is 1.33 bits per heavy atom. The molecule has 0 aromatic rings. The van der Waals surface area contributed by atoms with Gasteiger partial charge in [0, 0.05) is 6.04 Å². The molecule has 0 spiro atoms. The molecule has 1 aliphatic rings. The largest absolute Gasteiger partial charge is 0.347 e. The molecule has 1 atom stereocenters. The highest BCUT2D eigenvalue weighted by Crippen LogP contribution is 2.33. The molecule has 1 amide bonds. The summed E-state index contributed by atoms with van der Waals surface area (Å²) in [6, 6.07) is -0.295. The van der Waals surface area contributed by atoms with Gasteiger partial charge in [0.1, 0.15) is 0 Å². The second-order valence-electron chi connectivity index (χ2n) is 4.51. The lowest BCUT2D eigenvalue weighted by Crippen LogP contribution is -2.46. The molecule has 0 heterocycles. The first-order valence-corrected chi connectivity index (χ1v) is 5.56. The Labute approximate surface area is 90.8 Å². The van der Waals surface area contributed by atoms with Gasteiger partial charge in [-0.15, -0.1) is 0 Å². The van der Waals surface area contributed by atoms with Crippen molar-refractivity contribution in [3.8, 4) is 0 Å². The molecule has 0 unspecified atom stereocenters. The van der Waals surface area contributed by atoms with Crippen LogP contribution in [0.3, 0.4) is 0 Å². The number of hydrogen-bond acceptors (Lipinski definition) is 3. The highest BCUT2D eigenvalue weighted by atomic mass is 16.2. The summed E-state index contributed by atoms with van der Waals surface area (Å²) in [6.07, 6.45) is 3.18. The summed E-state index contributed by atoms with van der Waals surface area (Å²) >= 11 is 0. The molecule has 0 aliphatic heterocycles. The number of rotatable bonds is 6. The minimum absolute atomic E-state index is 0.0138. The van der Waals surface area contributed by atoms with Gasteiger partial charge in [-0.25, -0.2) is 0 Å². The minimum Gasteiger partial charge on any atom is -0.347 e. The summed E-state index contributed by atoms with van der Waals surface area (Å²) in [5.74, 6) is -0.165. The second kappa shape index (κ2) is 5.26. The number of hydrogen-bond donors (Lipinski definition) is 2. The highest BCUT2D eigenvalue weighted by Gasteiger charge is 2.31. The zero-order valence-electron chi connectivity index (χ0n) is 9.67. The van der Waals surface area contributed by atoms with Gasteiger partial charge in [0.15, 0.2) is 0 Å². The second-order valence-corrected chi connectivity index (χ2v) is 4.51. The van der Waals surface area contributed by atoms with Crippen LogP contribution in [0.4, 0.5) is 0 Å². The van der Waals surface area contributed by atoms with Crippen LogP contribution in [0.1, 0.15) is 33.1 Å². The Morgan fingerprint density at radius 3 is 2.33 bits per heavy atom. The lowest BCUT2D eigenvalue weighted by molar-refractivity contribution is -0.139. The van der Waals surface area contributed by atoms with Crippen LogP contribution in [-0.2, 0) is 9.59 Å². The van der Waals surface area contributed by atoms with Crippen LogP contribution in [0.5, 0.6) is 0 Å². The third-order valence-electron chi connectivity index (χ3n) is 2.57. The maximum Gasteiger partial charge on any atom is 0.289 e. The predicted molar refractivity (Wildman–Crippen MR) is 58.5 cm³/mol. The van der Waals surface area contributed by atoms with Crippen LogP contribution in [0.25, 0.3) is 0 Å². The minimum atomic E-state index is -0.468. The number of nitrogens with one attached hydrogen (secondary N) is 2. The normalized spacial score (nSPS) is 17.6. The van der Waals surface area contributed by atoms with Gasteiger partial charge in [0.05, 0.1) is 6.04 Å². The van der Waals surface area contributed by atoms with Crippen LogP contribution >= 0.6 is 0 Å². The quantitative estimate of drug-likeness (QED) is 0.629. The van der Waals surface area contributed by atoms with Gasteiger partial charge in [0.25, 0.3) is 5.91 Å². The Balaban J connectivity index is 2.43. The zero-order chi connectivity index (χ0) is 11.4. The summed E-state index contributed by atoms with van der Waals surface area (Å²) in [4.78, 5) is 23.2. The van der Waals surface area contributed by atoms with E-state index in [0.29, 0.717) is 5.92 Å². The molecule has 0 bridgehead atoms. The summed E-state index contributed by atoms with van der Waals surface area (Å²) in [5, 5.41) is 5.54. The third-order valence-corrected chi connectivity index (χ3v) is 2.57. The molecule has 1 saturated carbocycles. The molecule has 86 valence electrons. The van der Waals surface area contributed by atoms with Crippen molar-refractivity contribution in [2.24, 2.45) is 5.92 Å². The molecule has 1 fully saturated rings. The topological polar surface area (TPSA) is 58.2 Å². The SMILES string of the molecule is CN[C@@H](CC1CC1)C(=O)C(=O)NC(C)C. The lowest BCUT2D eigenvalue weighted by Gasteiger charge is -2.15. The van der Waals surface area contributed by atoms with E-state index >= 15 is 0 Å². The number of amides is 1. The Bertz CT molecular complexity index is 247. The summed E-state index contributed by atoms with van der Waals surface area (Å²) in [7, 11) is 1.73. The maximum absolute atomic E-state index is 11.7. The van der Waals surface area contributed by atoms with Crippen LogP contribution in [0.15, 0.2) is 0 Å². The smallest absolute Gasteiger partial charge is 0.289 e. The van der Waals surface area contributed by atoms with E-state index in [0.717, 1.165) is 6.42 Å². The third kappa shape index (κ3) is 4.00. The average molecular weight is 212 g/mol. The van der Waals surface area contributed by atoms with Gasteiger partial charge in [-0.05, 0) is 33.2 Å². The van der Waals surface area contributed by atoms with Crippen molar-refractivity contribution in [1.29, 1.82) is 0 Å². The molecule has 0 aromatic carbocycles. The molecule has 1 rings (SSSR count). The summed E-state index contributed by atoms with van der Waals surface area (Å²) in [6.45, 7) is 3.70. The van der Waals surface area contributed by atoms with E-state index < -0.39 is 5.91 Å². The van der Waals surface area contributed by atoms with Crippen LogP contribution in [0, 0.1) is 5.92 Å². The van der Waals surface area contributed by atoms with E-state index in [1.807, 2.05) is 13.8 Å². The molecule has 0 aromatic heterocycles. The monoisotopic (exact) mass is 212 g/mol. The fraction of sp³-hybridized carbons (Fsp3) is 0.818. The molecule has 2 N–H and O–H groups in total. The predicted octanol–water partition coefficient (Wildman–Crippen LogP) is 0.468. The fourth-order valence-electron chi connectivity index (χ4n) is 1.53. The van der Waals surface area contributed by atoms with Gasteiger partial charge in [-0.1, -0.05) is 12.8 Å². The number of Topliss-reactive ketones (excluding diaryl/α,β-unsaturated/α-hetero) is 1. The number of ketones is 1. The molecule has 0 radical (unpaired) electrons. The van der Waals surface area contributed by atoms with Crippen molar-refractivity contribution in [2.75, 3.05) is 7.05 Å².